The number of hydrogen-bond acceptors (Lipinski definition) is 9. The van der Waals surface area contributed by atoms with E-state index in [0.717, 1.165) is 44.9 Å². The van der Waals surface area contributed by atoms with Gasteiger partial charge in [0.1, 0.15) is 12.7 Å². The van der Waals surface area contributed by atoms with Crippen molar-refractivity contribution >= 4 is 19.8 Å². The monoisotopic (exact) mass is 803 g/mol. The molecule has 0 aliphatic rings. The lowest BCUT2D eigenvalue weighted by molar-refractivity contribution is -0.161. The van der Waals surface area contributed by atoms with Crippen LogP contribution in [0.2, 0.25) is 0 Å². The molecule has 0 aromatic carbocycles. The van der Waals surface area contributed by atoms with Gasteiger partial charge in [-0.1, -0.05) is 154 Å². The highest BCUT2D eigenvalue weighted by atomic mass is 31.2. The highest BCUT2D eigenvalue weighted by Gasteiger charge is 2.27. The van der Waals surface area contributed by atoms with Crippen LogP contribution in [-0.2, 0) is 32.7 Å². The molecule has 0 aromatic heterocycles. The van der Waals surface area contributed by atoms with Crippen LogP contribution in [0.15, 0.2) is 24.3 Å². The Hall–Kier alpha value is -1.55. The average molecular weight is 803 g/mol. The van der Waals surface area contributed by atoms with Crippen LogP contribution in [0.3, 0.4) is 0 Å². The summed E-state index contributed by atoms with van der Waals surface area (Å²) in [5.74, 6) is -0.926. The maximum absolute atomic E-state index is 12.6. The lowest BCUT2D eigenvalue weighted by Crippen LogP contribution is -2.29. The second-order valence-electron chi connectivity index (χ2n) is 15.1. The van der Waals surface area contributed by atoms with Crippen molar-refractivity contribution < 1.29 is 47.8 Å². The molecule has 0 amide bonds. The third-order valence-electron chi connectivity index (χ3n) is 9.58. The molecule has 1 unspecified atom stereocenters. The summed E-state index contributed by atoms with van der Waals surface area (Å²) < 4.78 is 32.7. The number of ether oxygens (including phenoxy) is 2. The predicted molar refractivity (Wildman–Crippen MR) is 224 cm³/mol. The molecule has 55 heavy (non-hydrogen) atoms. The molecule has 0 radical (unpaired) electrons. The van der Waals surface area contributed by atoms with Crippen LogP contribution in [-0.4, -0.2) is 65.7 Å². The zero-order valence-corrected chi connectivity index (χ0v) is 36.0. The summed E-state index contributed by atoms with van der Waals surface area (Å²) in [4.78, 5) is 35.0. The van der Waals surface area contributed by atoms with Crippen molar-refractivity contribution in [1.82, 2.24) is 0 Å². The average Bonchev–Trinajstić information content (AvgIpc) is 3.17. The van der Waals surface area contributed by atoms with Gasteiger partial charge in [-0.15, -0.1) is 0 Å². The fraction of sp³-hybridized carbons (Fsp3) is 0.864. The van der Waals surface area contributed by atoms with Crippen LogP contribution in [0.4, 0.5) is 0 Å². The Labute approximate surface area is 336 Å². The van der Waals surface area contributed by atoms with Gasteiger partial charge in [-0.05, 0) is 64.2 Å². The topological polar surface area (TPSA) is 149 Å². The molecule has 324 valence electrons. The quantitative estimate of drug-likeness (QED) is 0.0236. The molecule has 0 saturated heterocycles. The zero-order valence-electron chi connectivity index (χ0n) is 35.2. The summed E-state index contributed by atoms with van der Waals surface area (Å²) in [6.45, 7) is 2.37. The van der Waals surface area contributed by atoms with Gasteiger partial charge in [0.2, 0.25) is 0 Å². The summed E-state index contributed by atoms with van der Waals surface area (Å²) in [6.07, 6.45) is 39.9. The number of carbonyl (C=O) groups excluding carboxylic acids is 2. The molecule has 0 aromatic rings. The molecule has 0 rings (SSSR count). The first-order chi connectivity index (χ1) is 26.7. The molecule has 10 nitrogen and oxygen atoms in total. The molecule has 0 spiro atoms. The van der Waals surface area contributed by atoms with Crippen molar-refractivity contribution in [2.75, 3.05) is 26.4 Å². The van der Waals surface area contributed by atoms with Crippen LogP contribution < -0.4 is 0 Å². The van der Waals surface area contributed by atoms with Crippen molar-refractivity contribution in [1.29, 1.82) is 0 Å². The molecule has 0 fully saturated rings. The van der Waals surface area contributed by atoms with E-state index in [2.05, 4.69) is 38.2 Å². The SMILES string of the molecule is CCCCCC/C=C/CCCCCCCCCCCC(=O)OC[C@H](COP(=O)(O)OC[C@@H](O)CO)OC(=O)CCCCCCCCC/C=C/CCCCCC. The maximum atomic E-state index is 12.6. The first-order valence-corrected chi connectivity index (χ1v) is 23.8. The zero-order chi connectivity index (χ0) is 40.5. The molecule has 0 saturated carbocycles. The minimum Gasteiger partial charge on any atom is -0.462 e. The van der Waals surface area contributed by atoms with E-state index in [1.165, 1.54) is 122 Å². The van der Waals surface area contributed by atoms with Crippen LogP contribution in [0.25, 0.3) is 0 Å². The molecule has 11 heteroatoms. The van der Waals surface area contributed by atoms with Gasteiger partial charge >= 0.3 is 19.8 Å². The fourth-order valence-corrected chi connectivity index (χ4v) is 6.89. The van der Waals surface area contributed by atoms with Gasteiger partial charge in [-0.2, -0.15) is 0 Å². The van der Waals surface area contributed by atoms with E-state index in [1.54, 1.807) is 0 Å². The Morgan fingerprint density at radius 1 is 0.527 bits per heavy atom. The lowest BCUT2D eigenvalue weighted by Gasteiger charge is -2.20. The number of phosphoric acid groups is 1. The van der Waals surface area contributed by atoms with E-state index >= 15 is 0 Å². The number of allylic oxidation sites excluding steroid dienone is 4. The summed E-state index contributed by atoms with van der Waals surface area (Å²) in [5.41, 5.74) is 0. The van der Waals surface area contributed by atoms with Crippen LogP contribution >= 0.6 is 7.82 Å². The molecule has 0 bridgehead atoms. The number of phosphoric ester groups is 1. The van der Waals surface area contributed by atoms with Crippen molar-refractivity contribution in [2.24, 2.45) is 0 Å². The Bertz CT molecular complexity index is 972. The summed E-state index contributed by atoms with van der Waals surface area (Å²) in [6, 6.07) is 0. The Morgan fingerprint density at radius 3 is 1.31 bits per heavy atom. The lowest BCUT2D eigenvalue weighted by atomic mass is 10.1. The number of rotatable bonds is 42. The van der Waals surface area contributed by atoms with E-state index in [0.29, 0.717) is 12.8 Å². The summed E-state index contributed by atoms with van der Waals surface area (Å²) in [5, 5.41) is 18.3. The van der Waals surface area contributed by atoms with Gasteiger partial charge < -0.3 is 24.6 Å². The van der Waals surface area contributed by atoms with Crippen molar-refractivity contribution in [3.8, 4) is 0 Å². The fourth-order valence-electron chi connectivity index (χ4n) is 6.10. The van der Waals surface area contributed by atoms with E-state index in [4.69, 9.17) is 23.6 Å². The van der Waals surface area contributed by atoms with E-state index in [1.807, 2.05) is 0 Å². The van der Waals surface area contributed by atoms with E-state index in [9.17, 15) is 24.2 Å². The van der Waals surface area contributed by atoms with Crippen LogP contribution in [0, 0.1) is 0 Å². The van der Waals surface area contributed by atoms with Crippen molar-refractivity contribution in [3.05, 3.63) is 24.3 Å². The van der Waals surface area contributed by atoms with Gasteiger partial charge in [0.15, 0.2) is 6.10 Å². The highest BCUT2D eigenvalue weighted by molar-refractivity contribution is 7.47. The molecule has 0 aliphatic carbocycles. The largest absolute Gasteiger partial charge is 0.472 e. The second-order valence-corrected chi connectivity index (χ2v) is 16.5. The third-order valence-corrected chi connectivity index (χ3v) is 10.5. The maximum Gasteiger partial charge on any atom is 0.472 e. The number of esters is 2. The van der Waals surface area contributed by atoms with Gasteiger partial charge in [0.25, 0.3) is 0 Å². The second kappa shape index (κ2) is 40.6. The number of aliphatic hydroxyl groups is 2. The number of aliphatic hydroxyl groups excluding tert-OH is 2. The molecule has 3 atom stereocenters. The predicted octanol–water partition coefficient (Wildman–Crippen LogP) is 11.8. The normalized spacial score (nSPS) is 14.1. The van der Waals surface area contributed by atoms with Gasteiger partial charge in [0, 0.05) is 12.8 Å². The van der Waals surface area contributed by atoms with Gasteiger partial charge in [0.05, 0.1) is 19.8 Å². The number of unbranched alkanes of at least 4 members (excludes halogenated alkanes) is 24. The van der Waals surface area contributed by atoms with E-state index in [-0.39, 0.29) is 19.4 Å². The third kappa shape index (κ3) is 40.4. The Balaban J connectivity index is 4.26. The minimum atomic E-state index is -4.62. The molecule has 0 aliphatic heterocycles. The Kier molecular flexibility index (Phi) is 39.5. The molecular weight excluding hydrogens is 719 g/mol. The van der Waals surface area contributed by atoms with E-state index < -0.39 is 51.8 Å². The number of carbonyl (C=O) groups is 2. The van der Waals surface area contributed by atoms with Gasteiger partial charge in [-0.3, -0.25) is 18.6 Å². The molecule has 0 heterocycles. The molecular formula is C44H83O10P. The van der Waals surface area contributed by atoms with Crippen LogP contribution in [0.1, 0.15) is 206 Å². The van der Waals surface area contributed by atoms with Crippen LogP contribution in [0.5, 0.6) is 0 Å². The molecule has 3 N–H and O–H groups in total. The smallest absolute Gasteiger partial charge is 0.462 e. The summed E-state index contributed by atoms with van der Waals surface area (Å²) in [7, 11) is -4.62. The van der Waals surface area contributed by atoms with Crippen molar-refractivity contribution in [3.63, 3.8) is 0 Å². The minimum absolute atomic E-state index is 0.181. The number of hydrogen-bond donors (Lipinski definition) is 3. The van der Waals surface area contributed by atoms with Crippen molar-refractivity contribution in [2.45, 2.75) is 219 Å². The van der Waals surface area contributed by atoms with Gasteiger partial charge in [-0.25, -0.2) is 4.57 Å². The first-order valence-electron chi connectivity index (χ1n) is 22.3. The Morgan fingerprint density at radius 2 is 0.891 bits per heavy atom. The summed E-state index contributed by atoms with van der Waals surface area (Å²) >= 11 is 0. The standard InChI is InChI=1S/C44H83O10P/c1-3-5-7-9-11-13-15-17-19-20-22-23-25-27-29-31-33-35-43(47)51-39-42(40-53-55(49,50)52-38-41(46)37-45)54-44(48)36-34-32-30-28-26-24-21-18-16-14-12-10-8-6-4-2/h13-16,41-42,45-46H,3-12,17-40H2,1-2H3,(H,49,50)/b15-13+,16-14+/t41-,42+/m0/s1. The highest BCUT2D eigenvalue weighted by Crippen LogP contribution is 2.43. The first kappa shape index (κ1) is 53.5.